The molecule has 0 saturated carbocycles. The van der Waals surface area contributed by atoms with Crippen molar-refractivity contribution in [3.8, 4) is 0 Å². The molecule has 0 unspecified atom stereocenters. The van der Waals surface area contributed by atoms with Gasteiger partial charge in [-0.25, -0.2) is 0 Å². The third-order valence-electron chi connectivity index (χ3n) is 4.73. The van der Waals surface area contributed by atoms with Crippen LogP contribution < -0.4 is 0 Å². The zero-order valence-corrected chi connectivity index (χ0v) is 15.5. The van der Waals surface area contributed by atoms with Gasteiger partial charge in [0.05, 0.1) is 23.0 Å². The van der Waals surface area contributed by atoms with Gasteiger partial charge in [0.25, 0.3) is 5.91 Å². The van der Waals surface area contributed by atoms with Gasteiger partial charge in [-0.2, -0.15) is 0 Å². The summed E-state index contributed by atoms with van der Waals surface area (Å²) >= 11 is 6.17. The van der Waals surface area contributed by atoms with Gasteiger partial charge in [-0.15, -0.1) is 0 Å². The van der Waals surface area contributed by atoms with Crippen molar-refractivity contribution in [1.82, 2.24) is 9.80 Å². The summed E-state index contributed by atoms with van der Waals surface area (Å²) in [7, 11) is 1.57. The molecule has 1 aromatic carbocycles. The van der Waals surface area contributed by atoms with Gasteiger partial charge in [0.2, 0.25) is 5.91 Å². The van der Waals surface area contributed by atoms with Crippen molar-refractivity contribution in [2.75, 3.05) is 26.7 Å². The van der Waals surface area contributed by atoms with E-state index in [1.54, 1.807) is 24.1 Å². The highest BCUT2D eigenvalue weighted by Crippen LogP contribution is 2.22. The first-order valence-corrected chi connectivity index (χ1v) is 8.61. The van der Waals surface area contributed by atoms with Crippen molar-refractivity contribution in [3.63, 3.8) is 0 Å². The van der Waals surface area contributed by atoms with Crippen LogP contribution in [0.5, 0.6) is 0 Å². The topological polar surface area (TPSA) is 77.9 Å². The molecule has 0 radical (unpaired) electrons. The van der Waals surface area contributed by atoms with E-state index in [0.29, 0.717) is 36.5 Å². The third-order valence-corrected chi connectivity index (χ3v) is 5.04. The Morgan fingerprint density at radius 1 is 1.20 bits per heavy atom. The van der Waals surface area contributed by atoms with Gasteiger partial charge in [0.15, 0.2) is 0 Å². The van der Waals surface area contributed by atoms with E-state index in [1.807, 2.05) is 13.8 Å². The van der Waals surface area contributed by atoms with Crippen LogP contribution in [-0.4, -0.2) is 59.4 Å². The standard InChI is InChI=1S/C18H23ClN2O4/c1-11-8-14(15(19)9-12(11)2)17(23)20(3)10-16(22)21-6-4-13(5-7-21)18(24)25/h8-9,13H,4-7,10H2,1-3H3,(H,24,25). The number of aliphatic carboxylic acids is 1. The van der Waals surface area contributed by atoms with Crippen LogP contribution in [0, 0.1) is 19.8 Å². The Labute approximate surface area is 152 Å². The number of hydrogen-bond donors (Lipinski definition) is 1. The lowest BCUT2D eigenvalue weighted by atomic mass is 9.97. The average molecular weight is 367 g/mol. The normalized spacial score (nSPS) is 15.1. The molecule has 25 heavy (non-hydrogen) atoms. The number of aryl methyl sites for hydroxylation is 2. The molecule has 0 spiro atoms. The molecular formula is C18H23ClN2O4. The summed E-state index contributed by atoms with van der Waals surface area (Å²) in [5.74, 6) is -1.69. The molecule has 2 amide bonds. The zero-order valence-electron chi connectivity index (χ0n) is 14.7. The number of halogens is 1. The van der Waals surface area contributed by atoms with Gasteiger partial charge < -0.3 is 14.9 Å². The molecule has 1 aromatic rings. The number of carbonyl (C=O) groups excluding carboxylic acids is 2. The Hall–Kier alpha value is -2.08. The second-order valence-corrected chi connectivity index (χ2v) is 6.98. The third kappa shape index (κ3) is 4.51. The monoisotopic (exact) mass is 366 g/mol. The fourth-order valence-corrected chi connectivity index (χ4v) is 3.20. The second-order valence-electron chi connectivity index (χ2n) is 6.57. The maximum atomic E-state index is 12.6. The number of piperidine rings is 1. The minimum atomic E-state index is -0.816. The molecule has 0 aliphatic carbocycles. The molecule has 1 N–H and O–H groups in total. The predicted molar refractivity (Wildman–Crippen MR) is 94.8 cm³/mol. The molecule has 1 saturated heterocycles. The summed E-state index contributed by atoms with van der Waals surface area (Å²) in [6, 6.07) is 3.48. The van der Waals surface area contributed by atoms with E-state index in [0.717, 1.165) is 11.1 Å². The lowest BCUT2D eigenvalue weighted by molar-refractivity contribution is -0.145. The van der Waals surface area contributed by atoms with E-state index in [9.17, 15) is 14.4 Å². The Bertz CT molecular complexity index is 697. The molecule has 0 bridgehead atoms. The Morgan fingerprint density at radius 2 is 1.76 bits per heavy atom. The molecular weight excluding hydrogens is 344 g/mol. The molecule has 1 aliphatic rings. The molecule has 7 heteroatoms. The maximum Gasteiger partial charge on any atom is 0.306 e. The Morgan fingerprint density at radius 3 is 2.32 bits per heavy atom. The highest BCUT2D eigenvalue weighted by molar-refractivity contribution is 6.34. The summed E-state index contributed by atoms with van der Waals surface area (Å²) in [6.07, 6.45) is 0.892. The summed E-state index contributed by atoms with van der Waals surface area (Å²) in [5.41, 5.74) is 2.34. The Kier molecular flexibility index (Phi) is 6.06. The first kappa shape index (κ1) is 19.2. The lowest BCUT2D eigenvalue weighted by Gasteiger charge is -2.31. The number of carbonyl (C=O) groups is 3. The molecule has 0 aromatic heterocycles. The van der Waals surface area contributed by atoms with Crippen molar-refractivity contribution in [2.45, 2.75) is 26.7 Å². The zero-order chi connectivity index (χ0) is 18.7. The number of benzene rings is 1. The van der Waals surface area contributed by atoms with Crippen molar-refractivity contribution in [2.24, 2.45) is 5.92 Å². The van der Waals surface area contributed by atoms with E-state index in [4.69, 9.17) is 16.7 Å². The first-order valence-electron chi connectivity index (χ1n) is 8.23. The van der Waals surface area contributed by atoms with Gasteiger partial charge in [-0.1, -0.05) is 11.6 Å². The number of likely N-dealkylation sites (tertiary alicyclic amines) is 1. The molecule has 1 heterocycles. The number of carboxylic acid groups (broad SMARTS) is 1. The second kappa shape index (κ2) is 7.87. The lowest BCUT2D eigenvalue weighted by Crippen LogP contribution is -2.45. The first-order chi connectivity index (χ1) is 11.7. The minimum absolute atomic E-state index is 0.0557. The number of amides is 2. The van der Waals surface area contributed by atoms with Crippen molar-refractivity contribution in [3.05, 3.63) is 33.8 Å². The van der Waals surface area contributed by atoms with Crippen LogP contribution in [0.3, 0.4) is 0 Å². The molecule has 1 aliphatic heterocycles. The van der Waals surface area contributed by atoms with Gasteiger partial charge in [0.1, 0.15) is 0 Å². The number of hydrogen-bond acceptors (Lipinski definition) is 3. The summed E-state index contributed by atoms with van der Waals surface area (Å²) in [6.45, 7) is 4.58. The summed E-state index contributed by atoms with van der Waals surface area (Å²) in [4.78, 5) is 38.9. The van der Waals surface area contributed by atoms with Crippen LogP contribution in [0.15, 0.2) is 12.1 Å². The van der Waals surface area contributed by atoms with Crippen molar-refractivity contribution >= 4 is 29.4 Å². The minimum Gasteiger partial charge on any atom is -0.481 e. The van der Waals surface area contributed by atoms with Crippen LogP contribution in [-0.2, 0) is 9.59 Å². The van der Waals surface area contributed by atoms with Gasteiger partial charge in [0, 0.05) is 20.1 Å². The van der Waals surface area contributed by atoms with Crippen molar-refractivity contribution < 1.29 is 19.5 Å². The molecule has 6 nitrogen and oxygen atoms in total. The van der Waals surface area contributed by atoms with Gasteiger partial charge in [-0.05, 0) is 49.9 Å². The van der Waals surface area contributed by atoms with E-state index < -0.39 is 11.9 Å². The molecule has 1 fully saturated rings. The molecule has 2 rings (SSSR count). The quantitative estimate of drug-likeness (QED) is 0.887. The van der Waals surface area contributed by atoms with Gasteiger partial charge >= 0.3 is 5.97 Å². The van der Waals surface area contributed by atoms with Crippen LogP contribution in [0.2, 0.25) is 5.02 Å². The number of rotatable bonds is 4. The van der Waals surface area contributed by atoms with E-state index in [2.05, 4.69) is 0 Å². The van der Waals surface area contributed by atoms with Crippen LogP contribution >= 0.6 is 11.6 Å². The fraction of sp³-hybridized carbons (Fsp3) is 0.500. The SMILES string of the molecule is Cc1cc(Cl)c(C(=O)N(C)CC(=O)N2CCC(C(=O)O)CC2)cc1C. The van der Waals surface area contributed by atoms with E-state index >= 15 is 0 Å². The van der Waals surface area contributed by atoms with Gasteiger partial charge in [-0.3, -0.25) is 14.4 Å². The van der Waals surface area contributed by atoms with Crippen LogP contribution in [0.1, 0.15) is 34.3 Å². The highest BCUT2D eigenvalue weighted by atomic mass is 35.5. The van der Waals surface area contributed by atoms with Crippen molar-refractivity contribution in [1.29, 1.82) is 0 Å². The highest BCUT2D eigenvalue weighted by Gasteiger charge is 2.28. The number of likely N-dealkylation sites (N-methyl/N-ethyl adjacent to an activating group) is 1. The fourth-order valence-electron chi connectivity index (χ4n) is 2.90. The summed E-state index contributed by atoms with van der Waals surface area (Å²) < 4.78 is 0. The van der Waals surface area contributed by atoms with E-state index in [-0.39, 0.29) is 18.4 Å². The van der Waals surface area contributed by atoms with Crippen LogP contribution in [0.4, 0.5) is 0 Å². The molecule has 0 atom stereocenters. The molecule has 136 valence electrons. The smallest absolute Gasteiger partial charge is 0.306 e. The average Bonchev–Trinajstić information content (AvgIpc) is 2.57. The largest absolute Gasteiger partial charge is 0.481 e. The van der Waals surface area contributed by atoms with E-state index in [1.165, 1.54) is 4.90 Å². The summed E-state index contributed by atoms with van der Waals surface area (Å²) in [5, 5.41) is 9.38. The number of nitrogens with zero attached hydrogens (tertiary/aromatic N) is 2. The Balaban J connectivity index is 1.98. The number of carboxylic acids is 1. The van der Waals surface area contributed by atoms with Crippen LogP contribution in [0.25, 0.3) is 0 Å². The predicted octanol–water partition coefficient (Wildman–Crippen LogP) is 2.35. The maximum absolute atomic E-state index is 12.6.